The van der Waals surface area contributed by atoms with E-state index in [0.717, 1.165) is 16.3 Å². The van der Waals surface area contributed by atoms with Crippen LogP contribution in [0.5, 0.6) is 23.0 Å². The van der Waals surface area contributed by atoms with E-state index < -0.39 is 5.97 Å². The van der Waals surface area contributed by atoms with Gasteiger partial charge in [-0.15, -0.1) is 0 Å². The molecule has 146 valence electrons. The normalized spacial score (nSPS) is 10.9. The van der Waals surface area contributed by atoms with E-state index in [9.17, 15) is 9.90 Å². The molecule has 6 heteroatoms. The Morgan fingerprint density at radius 2 is 1.62 bits per heavy atom. The van der Waals surface area contributed by atoms with Crippen LogP contribution in [-0.4, -0.2) is 30.3 Å². The standard InChI is InChI=1S/C23H19NO5/c1-13-4-6-16(23(25)26)15-7-5-14(10-17(13)15)29-20-8-9-24-19-12-22(28-3)21(27-2)11-18(19)20/h4-12H,1-3H3,(H,25,26). The Morgan fingerprint density at radius 3 is 2.34 bits per heavy atom. The van der Waals surface area contributed by atoms with Crippen LogP contribution in [0.2, 0.25) is 0 Å². The van der Waals surface area contributed by atoms with Crippen molar-refractivity contribution < 1.29 is 24.1 Å². The smallest absolute Gasteiger partial charge is 0.336 e. The van der Waals surface area contributed by atoms with E-state index in [2.05, 4.69) is 4.98 Å². The number of hydrogen-bond acceptors (Lipinski definition) is 5. The highest BCUT2D eigenvalue weighted by molar-refractivity contribution is 6.05. The van der Waals surface area contributed by atoms with Crippen molar-refractivity contribution in [3.8, 4) is 23.0 Å². The molecule has 0 aliphatic heterocycles. The number of carboxylic acids is 1. The molecule has 0 unspecified atom stereocenters. The van der Waals surface area contributed by atoms with Crippen LogP contribution >= 0.6 is 0 Å². The first-order chi connectivity index (χ1) is 14.0. The lowest BCUT2D eigenvalue weighted by atomic mass is 10.00. The summed E-state index contributed by atoms with van der Waals surface area (Å²) in [4.78, 5) is 15.9. The number of aromatic carboxylic acids is 1. The first-order valence-corrected chi connectivity index (χ1v) is 8.97. The first-order valence-electron chi connectivity index (χ1n) is 8.97. The fourth-order valence-corrected chi connectivity index (χ4v) is 3.39. The minimum absolute atomic E-state index is 0.267. The molecule has 0 aliphatic carbocycles. The SMILES string of the molecule is COc1cc2nccc(Oc3ccc4c(C(=O)O)ccc(C)c4c3)c2cc1OC. The molecular formula is C23H19NO5. The van der Waals surface area contributed by atoms with Gasteiger partial charge in [-0.25, -0.2) is 4.79 Å². The molecule has 1 N–H and O–H groups in total. The zero-order valence-corrected chi connectivity index (χ0v) is 16.2. The summed E-state index contributed by atoms with van der Waals surface area (Å²) in [7, 11) is 3.15. The number of methoxy groups -OCH3 is 2. The topological polar surface area (TPSA) is 77.9 Å². The van der Waals surface area contributed by atoms with Crippen LogP contribution in [0.3, 0.4) is 0 Å². The fraction of sp³-hybridized carbons (Fsp3) is 0.130. The number of nitrogens with zero attached hydrogens (tertiary/aromatic N) is 1. The number of hydrogen-bond donors (Lipinski definition) is 1. The zero-order valence-electron chi connectivity index (χ0n) is 16.2. The van der Waals surface area contributed by atoms with Crippen LogP contribution in [0.1, 0.15) is 15.9 Å². The molecule has 0 atom stereocenters. The average Bonchev–Trinajstić information content (AvgIpc) is 2.73. The summed E-state index contributed by atoms with van der Waals surface area (Å²) >= 11 is 0. The maximum atomic E-state index is 11.5. The van der Waals surface area contributed by atoms with Crippen LogP contribution in [0.4, 0.5) is 0 Å². The van der Waals surface area contributed by atoms with Crippen LogP contribution < -0.4 is 14.2 Å². The summed E-state index contributed by atoms with van der Waals surface area (Å²) in [6, 6.07) is 14.2. The van der Waals surface area contributed by atoms with Gasteiger partial charge in [0, 0.05) is 17.6 Å². The van der Waals surface area contributed by atoms with Crippen molar-refractivity contribution in [1.82, 2.24) is 4.98 Å². The van der Waals surface area contributed by atoms with Gasteiger partial charge in [0.05, 0.1) is 25.3 Å². The monoisotopic (exact) mass is 389 g/mol. The van der Waals surface area contributed by atoms with Gasteiger partial charge in [0.15, 0.2) is 11.5 Å². The molecule has 0 aliphatic rings. The van der Waals surface area contributed by atoms with Crippen LogP contribution in [0, 0.1) is 6.92 Å². The molecule has 1 aromatic heterocycles. The number of aryl methyl sites for hydroxylation is 1. The molecule has 0 bridgehead atoms. The van der Waals surface area contributed by atoms with Crippen molar-refractivity contribution in [2.75, 3.05) is 14.2 Å². The molecule has 4 aromatic rings. The molecular weight excluding hydrogens is 370 g/mol. The number of fused-ring (bicyclic) bond motifs is 2. The van der Waals surface area contributed by atoms with Crippen molar-refractivity contribution in [3.05, 3.63) is 65.9 Å². The highest BCUT2D eigenvalue weighted by Crippen LogP contribution is 2.37. The number of benzene rings is 3. The van der Waals surface area contributed by atoms with Gasteiger partial charge in [0.2, 0.25) is 0 Å². The van der Waals surface area contributed by atoms with Gasteiger partial charge < -0.3 is 19.3 Å². The molecule has 0 radical (unpaired) electrons. The number of pyridine rings is 1. The quantitative estimate of drug-likeness (QED) is 0.505. The van der Waals surface area contributed by atoms with E-state index in [4.69, 9.17) is 14.2 Å². The second kappa shape index (κ2) is 7.31. The lowest BCUT2D eigenvalue weighted by Gasteiger charge is -2.13. The number of rotatable bonds is 5. The summed E-state index contributed by atoms with van der Waals surface area (Å²) in [6.45, 7) is 1.94. The number of ether oxygens (including phenoxy) is 3. The van der Waals surface area contributed by atoms with Crippen molar-refractivity contribution >= 4 is 27.6 Å². The number of aromatic nitrogens is 1. The third-order valence-corrected chi connectivity index (χ3v) is 4.87. The predicted molar refractivity (Wildman–Crippen MR) is 111 cm³/mol. The summed E-state index contributed by atoms with van der Waals surface area (Å²) in [5, 5.41) is 11.7. The largest absolute Gasteiger partial charge is 0.493 e. The van der Waals surface area contributed by atoms with E-state index in [1.165, 1.54) is 0 Å². The maximum absolute atomic E-state index is 11.5. The van der Waals surface area contributed by atoms with E-state index in [0.29, 0.717) is 33.9 Å². The Morgan fingerprint density at radius 1 is 0.862 bits per heavy atom. The van der Waals surface area contributed by atoms with Crippen molar-refractivity contribution in [1.29, 1.82) is 0 Å². The van der Waals surface area contributed by atoms with Gasteiger partial charge in [0.25, 0.3) is 0 Å². The summed E-state index contributed by atoms with van der Waals surface area (Å²) in [5.74, 6) is 1.43. The average molecular weight is 389 g/mol. The van der Waals surface area contributed by atoms with Gasteiger partial charge in [-0.05, 0) is 59.7 Å². The van der Waals surface area contributed by atoms with Crippen LogP contribution in [-0.2, 0) is 0 Å². The lowest BCUT2D eigenvalue weighted by molar-refractivity contribution is 0.0699. The minimum atomic E-state index is -0.954. The molecule has 29 heavy (non-hydrogen) atoms. The Balaban J connectivity index is 1.81. The Hall–Kier alpha value is -3.80. The molecule has 0 saturated heterocycles. The maximum Gasteiger partial charge on any atom is 0.336 e. The molecule has 0 fully saturated rings. The Bertz CT molecular complexity index is 1250. The van der Waals surface area contributed by atoms with Gasteiger partial charge in [0.1, 0.15) is 11.5 Å². The molecule has 0 spiro atoms. The van der Waals surface area contributed by atoms with E-state index >= 15 is 0 Å². The predicted octanol–water partition coefficient (Wildman–Crippen LogP) is 5.20. The minimum Gasteiger partial charge on any atom is -0.493 e. The highest BCUT2D eigenvalue weighted by Gasteiger charge is 2.13. The van der Waals surface area contributed by atoms with Crippen LogP contribution in [0.25, 0.3) is 21.7 Å². The van der Waals surface area contributed by atoms with E-state index in [1.807, 2.05) is 19.1 Å². The molecule has 6 nitrogen and oxygen atoms in total. The summed E-state index contributed by atoms with van der Waals surface area (Å²) in [6.07, 6.45) is 1.67. The second-order valence-corrected chi connectivity index (χ2v) is 6.58. The molecule has 1 heterocycles. The van der Waals surface area contributed by atoms with Gasteiger partial charge in [-0.2, -0.15) is 0 Å². The Kier molecular flexibility index (Phi) is 4.68. The van der Waals surface area contributed by atoms with Crippen LogP contribution in [0.15, 0.2) is 54.7 Å². The molecule has 3 aromatic carbocycles. The first kappa shape index (κ1) is 18.6. The fourth-order valence-electron chi connectivity index (χ4n) is 3.39. The van der Waals surface area contributed by atoms with Gasteiger partial charge >= 0.3 is 5.97 Å². The van der Waals surface area contributed by atoms with Crippen molar-refractivity contribution in [3.63, 3.8) is 0 Å². The van der Waals surface area contributed by atoms with E-state index in [1.54, 1.807) is 56.8 Å². The number of carbonyl (C=O) groups is 1. The third kappa shape index (κ3) is 3.29. The third-order valence-electron chi connectivity index (χ3n) is 4.87. The van der Waals surface area contributed by atoms with Crippen molar-refractivity contribution in [2.24, 2.45) is 0 Å². The molecule has 0 saturated carbocycles. The molecule has 0 amide bonds. The highest BCUT2D eigenvalue weighted by atomic mass is 16.5. The van der Waals surface area contributed by atoms with E-state index in [-0.39, 0.29) is 5.56 Å². The van der Waals surface area contributed by atoms with Gasteiger partial charge in [-0.1, -0.05) is 6.07 Å². The van der Waals surface area contributed by atoms with Crippen molar-refractivity contribution in [2.45, 2.75) is 6.92 Å². The number of carboxylic acid groups (broad SMARTS) is 1. The lowest BCUT2D eigenvalue weighted by Crippen LogP contribution is -1.98. The van der Waals surface area contributed by atoms with Gasteiger partial charge in [-0.3, -0.25) is 4.98 Å². The zero-order chi connectivity index (χ0) is 20.5. The summed E-state index contributed by atoms with van der Waals surface area (Å²) < 4.78 is 16.9. The Labute approximate surface area is 167 Å². The summed E-state index contributed by atoms with van der Waals surface area (Å²) in [5.41, 5.74) is 1.95. The molecule has 4 rings (SSSR count). The second-order valence-electron chi connectivity index (χ2n) is 6.58.